The first-order chi connectivity index (χ1) is 5.04. The van der Waals surface area contributed by atoms with Crippen LogP contribution in [0.15, 0.2) is 11.0 Å². The van der Waals surface area contributed by atoms with Crippen LogP contribution in [-0.2, 0) is 0 Å². The van der Waals surface area contributed by atoms with Crippen molar-refractivity contribution in [3.05, 3.63) is 26.2 Å². The predicted molar refractivity (Wildman–Crippen MR) is 59.5 cm³/mol. The van der Waals surface area contributed by atoms with Gasteiger partial charge >= 0.3 is 0 Å². The second kappa shape index (κ2) is 5.57. The largest absolute Gasteiger partial charge is 0.140 e. The van der Waals surface area contributed by atoms with E-state index in [-0.39, 0.29) is 39.6 Å². The first-order valence-corrected chi connectivity index (χ1v) is 4.52. The Balaban J connectivity index is 0.00000121. The Bertz CT molecular complexity index is 276. The molecule has 0 spiro atoms. The molecule has 0 saturated heterocycles. The minimum atomic E-state index is 0. The number of thiol groups is 1. The molecule has 0 aromatic heterocycles. The van der Waals surface area contributed by atoms with E-state index in [1.54, 1.807) is 0 Å². The zero-order valence-corrected chi connectivity index (χ0v) is 12.0. The molecular formula is C6H2Cl4NaS. The molecule has 1 rings (SSSR count). The van der Waals surface area contributed by atoms with E-state index in [0.29, 0.717) is 14.9 Å². The van der Waals surface area contributed by atoms with Crippen LogP contribution in [0.25, 0.3) is 0 Å². The Morgan fingerprint density at radius 3 is 1.92 bits per heavy atom. The van der Waals surface area contributed by atoms with Gasteiger partial charge in [-0.3, -0.25) is 0 Å². The van der Waals surface area contributed by atoms with Gasteiger partial charge in [-0.25, -0.2) is 0 Å². The van der Waals surface area contributed by atoms with E-state index in [2.05, 4.69) is 12.6 Å². The van der Waals surface area contributed by atoms with E-state index in [9.17, 15) is 0 Å². The summed E-state index contributed by atoms with van der Waals surface area (Å²) in [5.74, 6) is 0. The smallest absolute Gasteiger partial charge is 0.0790 e. The molecule has 12 heavy (non-hydrogen) atoms. The average molecular weight is 271 g/mol. The van der Waals surface area contributed by atoms with E-state index in [1.165, 1.54) is 6.07 Å². The maximum Gasteiger partial charge on any atom is 0.0790 e. The van der Waals surface area contributed by atoms with E-state index in [4.69, 9.17) is 46.4 Å². The maximum absolute atomic E-state index is 5.71. The van der Waals surface area contributed by atoms with Crippen molar-refractivity contribution in [3.63, 3.8) is 0 Å². The third-order valence-electron chi connectivity index (χ3n) is 1.09. The molecule has 0 aliphatic carbocycles. The van der Waals surface area contributed by atoms with E-state index < -0.39 is 0 Å². The van der Waals surface area contributed by atoms with Gasteiger partial charge in [-0.05, 0) is 6.07 Å². The minimum absolute atomic E-state index is 0. The summed E-state index contributed by atoms with van der Waals surface area (Å²) >= 11 is 26.8. The van der Waals surface area contributed by atoms with Crippen molar-refractivity contribution in [3.8, 4) is 0 Å². The average Bonchev–Trinajstić information content (AvgIpc) is 1.97. The Morgan fingerprint density at radius 1 is 0.917 bits per heavy atom. The van der Waals surface area contributed by atoms with Crippen LogP contribution >= 0.6 is 59.0 Å². The molecule has 0 nitrogen and oxygen atoms in total. The molecule has 0 bridgehead atoms. The molecule has 0 saturated carbocycles. The van der Waals surface area contributed by atoms with E-state index >= 15 is 0 Å². The van der Waals surface area contributed by atoms with Gasteiger partial charge in [0.05, 0.1) is 20.1 Å². The van der Waals surface area contributed by atoms with Crippen LogP contribution in [0.4, 0.5) is 0 Å². The number of hydrogen-bond donors (Lipinski definition) is 1. The van der Waals surface area contributed by atoms with Crippen LogP contribution in [0.2, 0.25) is 20.1 Å². The first-order valence-electron chi connectivity index (χ1n) is 2.56. The van der Waals surface area contributed by atoms with Crippen molar-refractivity contribution in [2.24, 2.45) is 0 Å². The van der Waals surface area contributed by atoms with Gasteiger partial charge in [-0.15, -0.1) is 12.6 Å². The fourth-order valence-corrected chi connectivity index (χ4v) is 1.71. The van der Waals surface area contributed by atoms with Gasteiger partial charge < -0.3 is 0 Å². The Labute approximate surface area is 118 Å². The molecule has 6 heteroatoms. The molecule has 1 aromatic carbocycles. The summed E-state index contributed by atoms with van der Waals surface area (Å²) in [7, 11) is 0. The second-order valence-corrected chi connectivity index (χ2v) is 3.83. The minimum Gasteiger partial charge on any atom is -0.140 e. The fraction of sp³-hybridized carbons (Fsp3) is 0. The summed E-state index contributed by atoms with van der Waals surface area (Å²) in [6.07, 6.45) is 0. The van der Waals surface area contributed by atoms with E-state index in [1.807, 2.05) is 0 Å². The molecule has 0 aliphatic heterocycles. The van der Waals surface area contributed by atoms with Gasteiger partial charge in [0.15, 0.2) is 0 Å². The summed E-state index contributed by atoms with van der Waals surface area (Å²) in [5.41, 5.74) is 0. The normalized spacial score (nSPS) is 9.42. The van der Waals surface area contributed by atoms with Crippen LogP contribution in [0.5, 0.6) is 0 Å². The Morgan fingerprint density at radius 2 is 1.42 bits per heavy atom. The molecule has 0 unspecified atom stereocenters. The van der Waals surface area contributed by atoms with Crippen LogP contribution in [0.3, 0.4) is 0 Å². The van der Waals surface area contributed by atoms with Crippen molar-refractivity contribution in [2.45, 2.75) is 4.90 Å². The van der Waals surface area contributed by atoms with Crippen molar-refractivity contribution >= 4 is 88.6 Å². The standard InChI is InChI=1S/C6H2Cl4S.Na/c7-2-1-3(8)6(11)5(10)4(2)9;/h1,11H;. The van der Waals surface area contributed by atoms with Gasteiger partial charge in [0.25, 0.3) is 0 Å². The molecule has 0 fully saturated rings. The summed E-state index contributed by atoms with van der Waals surface area (Å²) in [6.45, 7) is 0. The van der Waals surface area contributed by atoms with Crippen molar-refractivity contribution in [1.82, 2.24) is 0 Å². The van der Waals surface area contributed by atoms with Crippen LogP contribution in [0, 0.1) is 0 Å². The number of benzene rings is 1. The number of hydrogen-bond acceptors (Lipinski definition) is 1. The molecule has 0 amide bonds. The maximum atomic E-state index is 5.71. The first kappa shape index (κ1) is 13.7. The quantitative estimate of drug-likeness (QED) is 0.311. The van der Waals surface area contributed by atoms with Crippen molar-refractivity contribution < 1.29 is 0 Å². The Hall–Kier alpha value is 1.73. The second-order valence-electron chi connectivity index (χ2n) is 1.82. The molecule has 0 heterocycles. The van der Waals surface area contributed by atoms with Gasteiger partial charge in [-0.1, -0.05) is 46.4 Å². The fourth-order valence-electron chi connectivity index (χ4n) is 0.557. The van der Waals surface area contributed by atoms with Crippen molar-refractivity contribution in [1.29, 1.82) is 0 Å². The monoisotopic (exact) mass is 269 g/mol. The number of halogens is 4. The van der Waals surface area contributed by atoms with Crippen LogP contribution in [0.1, 0.15) is 0 Å². The molecule has 1 aromatic rings. The predicted octanol–water partition coefficient (Wildman–Crippen LogP) is 4.21. The van der Waals surface area contributed by atoms with Crippen LogP contribution in [-0.4, -0.2) is 29.6 Å². The summed E-state index contributed by atoms with van der Waals surface area (Å²) in [4.78, 5) is 0.447. The van der Waals surface area contributed by atoms with Gasteiger partial charge in [0.1, 0.15) is 0 Å². The molecule has 0 aliphatic rings. The van der Waals surface area contributed by atoms with Gasteiger partial charge in [0, 0.05) is 34.5 Å². The molecule has 61 valence electrons. The zero-order valence-electron chi connectivity index (χ0n) is 6.04. The molecular weight excluding hydrogens is 269 g/mol. The third-order valence-corrected chi connectivity index (χ3v) is 3.38. The van der Waals surface area contributed by atoms with E-state index in [0.717, 1.165) is 0 Å². The molecule has 0 atom stereocenters. The van der Waals surface area contributed by atoms with Gasteiger partial charge in [0.2, 0.25) is 0 Å². The zero-order chi connectivity index (χ0) is 8.59. The molecule has 0 N–H and O–H groups in total. The Kier molecular flexibility index (Phi) is 6.38. The van der Waals surface area contributed by atoms with Crippen molar-refractivity contribution in [2.75, 3.05) is 0 Å². The third kappa shape index (κ3) is 2.86. The SMILES string of the molecule is Sc1c(Cl)cc(Cl)c(Cl)c1Cl.[Na]. The summed E-state index contributed by atoms with van der Waals surface area (Å²) < 4.78 is 0. The molecule has 1 radical (unpaired) electrons. The number of rotatable bonds is 0. The summed E-state index contributed by atoms with van der Waals surface area (Å²) in [6, 6.07) is 1.50. The topological polar surface area (TPSA) is 0 Å². The van der Waals surface area contributed by atoms with Crippen LogP contribution < -0.4 is 0 Å². The summed E-state index contributed by atoms with van der Waals surface area (Å²) in [5, 5.41) is 1.29. The van der Waals surface area contributed by atoms with Gasteiger partial charge in [-0.2, -0.15) is 0 Å².